The molecule has 0 unspecified atom stereocenters. The molecule has 17 heavy (non-hydrogen) atoms. The third-order valence-corrected chi connectivity index (χ3v) is 2.86. The summed E-state index contributed by atoms with van der Waals surface area (Å²) < 4.78 is 5.20. The van der Waals surface area contributed by atoms with Gasteiger partial charge in [-0.25, -0.2) is 9.97 Å². The van der Waals surface area contributed by atoms with E-state index in [1.165, 1.54) is 6.33 Å². The van der Waals surface area contributed by atoms with Crippen LogP contribution >= 0.6 is 0 Å². The highest BCUT2D eigenvalue weighted by atomic mass is 16.5. The Balaban J connectivity index is 2.44. The van der Waals surface area contributed by atoms with Gasteiger partial charge in [-0.05, 0) is 29.7 Å². The molecular formula is C13H11N3O. The van der Waals surface area contributed by atoms with Gasteiger partial charge in [0.2, 0.25) is 0 Å². The van der Waals surface area contributed by atoms with Gasteiger partial charge >= 0.3 is 0 Å². The summed E-state index contributed by atoms with van der Waals surface area (Å²) in [5.41, 5.74) is 6.70. The number of ether oxygens (including phenoxy) is 1. The quantitative estimate of drug-likeness (QED) is 0.646. The maximum absolute atomic E-state index is 5.83. The predicted octanol–water partition coefficient (Wildman–Crippen LogP) is 2.37. The Kier molecular flexibility index (Phi) is 2.08. The van der Waals surface area contributed by atoms with Crippen LogP contribution in [0, 0.1) is 0 Å². The first-order valence-corrected chi connectivity index (χ1v) is 5.26. The molecule has 3 aromatic rings. The molecule has 84 valence electrons. The third kappa shape index (κ3) is 1.45. The molecular weight excluding hydrogens is 214 g/mol. The second kappa shape index (κ2) is 3.59. The highest BCUT2D eigenvalue weighted by molar-refractivity contribution is 6.08. The van der Waals surface area contributed by atoms with Crippen molar-refractivity contribution in [1.82, 2.24) is 9.97 Å². The number of fused-ring (bicyclic) bond motifs is 3. The predicted molar refractivity (Wildman–Crippen MR) is 68.0 cm³/mol. The van der Waals surface area contributed by atoms with E-state index >= 15 is 0 Å². The van der Waals surface area contributed by atoms with Gasteiger partial charge in [-0.3, -0.25) is 0 Å². The first-order valence-electron chi connectivity index (χ1n) is 5.26. The van der Waals surface area contributed by atoms with Gasteiger partial charge in [-0.2, -0.15) is 0 Å². The first kappa shape index (κ1) is 9.84. The number of anilines is 1. The average molecular weight is 225 g/mol. The Morgan fingerprint density at radius 1 is 1.06 bits per heavy atom. The van der Waals surface area contributed by atoms with Crippen molar-refractivity contribution < 1.29 is 4.74 Å². The van der Waals surface area contributed by atoms with Gasteiger partial charge in [0.1, 0.15) is 17.9 Å². The molecule has 0 bridgehead atoms. The number of nitrogens with zero attached hydrogens (tertiary/aromatic N) is 2. The molecule has 2 aromatic carbocycles. The molecule has 0 spiro atoms. The second-order valence-corrected chi connectivity index (χ2v) is 3.81. The van der Waals surface area contributed by atoms with Gasteiger partial charge in [-0.15, -0.1) is 0 Å². The number of aromatic nitrogens is 2. The minimum Gasteiger partial charge on any atom is -0.497 e. The smallest absolute Gasteiger partial charge is 0.134 e. The van der Waals surface area contributed by atoms with Gasteiger partial charge in [-0.1, -0.05) is 6.07 Å². The maximum atomic E-state index is 5.83. The lowest BCUT2D eigenvalue weighted by Gasteiger charge is -2.06. The standard InChI is InChI=1S/C13H11N3O/c1-17-9-3-5-10-8(6-9)2-4-11-12(10)15-7-16-13(11)14/h2-7H,1H3,(H2,14,15,16). The van der Waals surface area contributed by atoms with Crippen LogP contribution in [0.2, 0.25) is 0 Å². The van der Waals surface area contributed by atoms with Crippen molar-refractivity contribution in [2.75, 3.05) is 12.8 Å². The number of methoxy groups -OCH3 is 1. The molecule has 0 saturated heterocycles. The van der Waals surface area contributed by atoms with Gasteiger partial charge in [0.05, 0.1) is 12.6 Å². The summed E-state index contributed by atoms with van der Waals surface area (Å²) in [6.07, 6.45) is 1.49. The van der Waals surface area contributed by atoms with Gasteiger partial charge in [0.15, 0.2) is 0 Å². The fourth-order valence-corrected chi connectivity index (χ4v) is 1.98. The third-order valence-electron chi connectivity index (χ3n) is 2.86. The lowest BCUT2D eigenvalue weighted by Crippen LogP contribution is -1.93. The first-order chi connectivity index (χ1) is 8.29. The number of hydrogen-bond donors (Lipinski definition) is 1. The Hall–Kier alpha value is -2.36. The van der Waals surface area contributed by atoms with Gasteiger partial charge in [0, 0.05) is 10.8 Å². The summed E-state index contributed by atoms with van der Waals surface area (Å²) >= 11 is 0. The zero-order chi connectivity index (χ0) is 11.8. The highest BCUT2D eigenvalue weighted by Gasteiger charge is 2.05. The molecule has 0 fully saturated rings. The van der Waals surface area contributed by atoms with Crippen LogP contribution in [0.5, 0.6) is 5.75 Å². The van der Waals surface area contributed by atoms with Crippen LogP contribution in [0.4, 0.5) is 5.82 Å². The van der Waals surface area contributed by atoms with Crippen LogP contribution in [-0.2, 0) is 0 Å². The van der Waals surface area contributed by atoms with Crippen molar-refractivity contribution in [1.29, 1.82) is 0 Å². The second-order valence-electron chi connectivity index (χ2n) is 3.81. The summed E-state index contributed by atoms with van der Waals surface area (Å²) in [5, 5.41) is 3.01. The molecule has 0 radical (unpaired) electrons. The van der Waals surface area contributed by atoms with E-state index in [0.717, 1.165) is 27.4 Å². The van der Waals surface area contributed by atoms with E-state index in [1.54, 1.807) is 7.11 Å². The molecule has 1 aromatic heterocycles. The molecule has 2 N–H and O–H groups in total. The molecule has 0 amide bonds. The van der Waals surface area contributed by atoms with Crippen LogP contribution in [0.25, 0.3) is 21.7 Å². The van der Waals surface area contributed by atoms with E-state index in [9.17, 15) is 0 Å². The fraction of sp³-hybridized carbons (Fsp3) is 0.0769. The zero-order valence-electron chi connectivity index (χ0n) is 9.34. The lowest BCUT2D eigenvalue weighted by atomic mass is 10.1. The molecule has 4 nitrogen and oxygen atoms in total. The highest BCUT2D eigenvalue weighted by Crippen LogP contribution is 2.28. The van der Waals surface area contributed by atoms with Crippen LogP contribution in [0.15, 0.2) is 36.7 Å². The Labute approximate surface area is 98.1 Å². The van der Waals surface area contributed by atoms with Gasteiger partial charge in [0.25, 0.3) is 0 Å². The van der Waals surface area contributed by atoms with E-state index < -0.39 is 0 Å². The summed E-state index contributed by atoms with van der Waals surface area (Å²) in [6.45, 7) is 0. The number of nitrogens with two attached hydrogens (primary N) is 1. The van der Waals surface area contributed by atoms with E-state index in [-0.39, 0.29) is 0 Å². The summed E-state index contributed by atoms with van der Waals surface area (Å²) in [7, 11) is 1.66. The Morgan fingerprint density at radius 2 is 1.88 bits per heavy atom. The molecule has 0 aliphatic carbocycles. The van der Waals surface area contributed by atoms with Crippen LogP contribution in [0.3, 0.4) is 0 Å². The van der Waals surface area contributed by atoms with Crippen molar-refractivity contribution in [2.24, 2.45) is 0 Å². The van der Waals surface area contributed by atoms with E-state index in [1.807, 2.05) is 30.3 Å². The fourth-order valence-electron chi connectivity index (χ4n) is 1.98. The Bertz CT molecular complexity index is 709. The molecule has 0 aliphatic rings. The monoisotopic (exact) mass is 225 g/mol. The topological polar surface area (TPSA) is 61.0 Å². The average Bonchev–Trinajstić information content (AvgIpc) is 2.38. The normalized spacial score (nSPS) is 10.9. The minimum absolute atomic E-state index is 0.507. The Morgan fingerprint density at radius 3 is 2.71 bits per heavy atom. The SMILES string of the molecule is COc1ccc2c(ccc3c(N)ncnc32)c1. The largest absolute Gasteiger partial charge is 0.497 e. The molecule has 0 aliphatic heterocycles. The zero-order valence-corrected chi connectivity index (χ0v) is 9.34. The lowest BCUT2D eigenvalue weighted by molar-refractivity contribution is 0.415. The molecule has 0 saturated carbocycles. The summed E-state index contributed by atoms with van der Waals surface area (Å²) in [4.78, 5) is 8.28. The van der Waals surface area contributed by atoms with E-state index in [4.69, 9.17) is 10.5 Å². The molecule has 0 atom stereocenters. The van der Waals surface area contributed by atoms with Gasteiger partial charge < -0.3 is 10.5 Å². The van der Waals surface area contributed by atoms with Crippen molar-refractivity contribution in [3.8, 4) is 5.75 Å². The van der Waals surface area contributed by atoms with E-state index in [0.29, 0.717) is 5.82 Å². The number of rotatable bonds is 1. The maximum Gasteiger partial charge on any atom is 0.134 e. The summed E-state index contributed by atoms with van der Waals surface area (Å²) in [5.74, 6) is 1.34. The minimum atomic E-state index is 0.507. The van der Waals surface area contributed by atoms with E-state index in [2.05, 4.69) is 9.97 Å². The number of nitrogen functional groups attached to an aromatic ring is 1. The van der Waals surface area contributed by atoms with Crippen molar-refractivity contribution in [3.63, 3.8) is 0 Å². The van der Waals surface area contributed by atoms with Crippen molar-refractivity contribution >= 4 is 27.5 Å². The summed E-state index contributed by atoms with van der Waals surface area (Å²) in [6, 6.07) is 9.82. The van der Waals surface area contributed by atoms with Crippen molar-refractivity contribution in [2.45, 2.75) is 0 Å². The van der Waals surface area contributed by atoms with Crippen LogP contribution in [0.1, 0.15) is 0 Å². The van der Waals surface area contributed by atoms with Crippen LogP contribution < -0.4 is 10.5 Å². The molecule has 4 heteroatoms. The van der Waals surface area contributed by atoms with Crippen molar-refractivity contribution in [3.05, 3.63) is 36.7 Å². The number of hydrogen-bond acceptors (Lipinski definition) is 4. The molecule has 3 rings (SSSR count). The van der Waals surface area contributed by atoms with Crippen LogP contribution in [-0.4, -0.2) is 17.1 Å². The number of benzene rings is 2. The molecule has 1 heterocycles.